The summed E-state index contributed by atoms with van der Waals surface area (Å²) >= 11 is 6.68. The largest absolute Gasteiger partial charge is 0.316 e. The Morgan fingerprint density at radius 2 is 1.43 bits per heavy atom. The van der Waals surface area contributed by atoms with E-state index in [4.69, 9.17) is 11.6 Å². The van der Waals surface area contributed by atoms with Crippen molar-refractivity contribution in [1.29, 1.82) is 0 Å². The SMILES string of the molecule is Cl.Cl[C@@H]1CCC(c2ccccc2)(c2ccccc2)C2CNC[C@@H]21. The standard InChI is InChI=1S/C20H22ClN.ClH/c21-19-11-12-20(15-7-3-1-4-8-15,16-9-5-2-6-10-16)18-14-22-13-17(18)19;/h1-10,17-19,22H,11-14H2;1H/t17-,18?,19+;/m0./s1. The van der Waals surface area contributed by atoms with Crippen LogP contribution in [0.4, 0.5) is 0 Å². The average molecular weight is 348 g/mol. The Bertz CT molecular complexity index is 589. The van der Waals surface area contributed by atoms with Crippen LogP contribution in [0.3, 0.4) is 0 Å². The minimum atomic E-state index is 0. The van der Waals surface area contributed by atoms with Crippen molar-refractivity contribution in [2.24, 2.45) is 11.8 Å². The van der Waals surface area contributed by atoms with Crippen molar-refractivity contribution in [1.82, 2.24) is 5.32 Å². The summed E-state index contributed by atoms with van der Waals surface area (Å²) in [5.41, 5.74) is 2.99. The van der Waals surface area contributed by atoms with Crippen LogP contribution in [0.1, 0.15) is 24.0 Å². The van der Waals surface area contributed by atoms with Crippen LogP contribution in [0.15, 0.2) is 60.7 Å². The van der Waals surface area contributed by atoms with E-state index in [0.717, 1.165) is 25.9 Å². The van der Waals surface area contributed by atoms with Crippen LogP contribution in [-0.2, 0) is 5.41 Å². The second kappa shape index (κ2) is 6.84. The van der Waals surface area contributed by atoms with Crippen LogP contribution in [0.25, 0.3) is 0 Å². The fourth-order valence-electron chi connectivity index (χ4n) is 4.74. The van der Waals surface area contributed by atoms with Crippen LogP contribution in [-0.4, -0.2) is 18.5 Å². The molecule has 23 heavy (non-hydrogen) atoms. The van der Waals surface area contributed by atoms with Gasteiger partial charge in [-0.15, -0.1) is 24.0 Å². The number of hydrogen-bond donors (Lipinski definition) is 1. The van der Waals surface area contributed by atoms with E-state index in [1.54, 1.807) is 0 Å². The van der Waals surface area contributed by atoms with Gasteiger partial charge in [0.05, 0.1) is 0 Å². The van der Waals surface area contributed by atoms with E-state index in [0.29, 0.717) is 17.2 Å². The molecule has 2 aromatic carbocycles. The molecule has 2 fully saturated rings. The molecule has 1 nitrogen and oxygen atoms in total. The Balaban J connectivity index is 0.00000156. The van der Waals surface area contributed by atoms with Gasteiger partial charge in [-0.1, -0.05) is 60.7 Å². The molecular weight excluding hydrogens is 325 g/mol. The number of rotatable bonds is 2. The van der Waals surface area contributed by atoms with Gasteiger partial charge in [-0.25, -0.2) is 0 Å². The highest BCUT2D eigenvalue weighted by atomic mass is 35.5. The summed E-state index contributed by atoms with van der Waals surface area (Å²) in [4.78, 5) is 0. The first-order valence-corrected chi connectivity index (χ1v) is 8.72. The normalized spacial score (nSPS) is 28.7. The van der Waals surface area contributed by atoms with E-state index < -0.39 is 0 Å². The van der Waals surface area contributed by atoms with E-state index in [-0.39, 0.29) is 17.8 Å². The number of fused-ring (bicyclic) bond motifs is 1. The van der Waals surface area contributed by atoms with Crippen molar-refractivity contribution in [3.8, 4) is 0 Å². The Hall–Kier alpha value is -1.02. The quantitative estimate of drug-likeness (QED) is 0.780. The maximum atomic E-state index is 6.68. The molecule has 0 spiro atoms. The second-order valence-electron chi connectivity index (χ2n) is 6.69. The van der Waals surface area contributed by atoms with Gasteiger partial charge in [0.15, 0.2) is 0 Å². The Morgan fingerprint density at radius 3 is 2.00 bits per heavy atom. The van der Waals surface area contributed by atoms with Gasteiger partial charge >= 0.3 is 0 Å². The van der Waals surface area contributed by atoms with Gasteiger partial charge in [-0.05, 0) is 48.9 Å². The maximum absolute atomic E-state index is 6.68. The van der Waals surface area contributed by atoms with Gasteiger partial charge < -0.3 is 5.32 Å². The van der Waals surface area contributed by atoms with E-state index >= 15 is 0 Å². The summed E-state index contributed by atoms with van der Waals surface area (Å²) < 4.78 is 0. The van der Waals surface area contributed by atoms with Crippen molar-refractivity contribution < 1.29 is 0 Å². The highest BCUT2D eigenvalue weighted by Crippen LogP contribution is 2.53. The number of benzene rings is 2. The third kappa shape index (κ3) is 2.69. The monoisotopic (exact) mass is 347 g/mol. The number of halogens is 2. The summed E-state index contributed by atoms with van der Waals surface area (Å²) in [6.07, 6.45) is 2.23. The Kier molecular flexibility index (Phi) is 5.01. The first kappa shape index (κ1) is 16.8. The first-order valence-electron chi connectivity index (χ1n) is 8.28. The molecule has 1 N–H and O–H groups in total. The van der Waals surface area contributed by atoms with Crippen molar-refractivity contribution >= 4 is 24.0 Å². The molecule has 4 rings (SSSR count). The maximum Gasteiger partial charge on any atom is 0.0380 e. The molecule has 0 amide bonds. The minimum Gasteiger partial charge on any atom is -0.316 e. The van der Waals surface area contributed by atoms with Crippen LogP contribution in [0.2, 0.25) is 0 Å². The van der Waals surface area contributed by atoms with Crippen molar-refractivity contribution in [2.45, 2.75) is 23.6 Å². The molecule has 1 aliphatic carbocycles. The fraction of sp³-hybridized carbons (Fsp3) is 0.400. The fourth-order valence-corrected chi connectivity index (χ4v) is 5.11. The lowest BCUT2D eigenvalue weighted by Crippen LogP contribution is -2.47. The molecule has 2 aliphatic rings. The summed E-state index contributed by atoms with van der Waals surface area (Å²) in [5, 5.41) is 3.91. The summed E-state index contributed by atoms with van der Waals surface area (Å²) in [6, 6.07) is 22.1. The van der Waals surface area contributed by atoms with Gasteiger partial charge in [0.1, 0.15) is 0 Å². The molecule has 0 bridgehead atoms. The van der Waals surface area contributed by atoms with Gasteiger partial charge in [-0.2, -0.15) is 0 Å². The first-order chi connectivity index (χ1) is 10.8. The molecule has 122 valence electrons. The highest BCUT2D eigenvalue weighted by molar-refractivity contribution is 6.20. The predicted octanol–water partition coefficient (Wildman–Crippen LogP) is 4.63. The lowest BCUT2D eigenvalue weighted by Gasteiger charge is -2.48. The van der Waals surface area contributed by atoms with E-state index in [1.165, 1.54) is 11.1 Å². The van der Waals surface area contributed by atoms with E-state index in [2.05, 4.69) is 66.0 Å². The van der Waals surface area contributed by atoms with Crippen molar-refractivity contribution in [3.63, 3.8) is 0 Å². The van der Waals surface area contributed by atoms with E-state index in [1.807, 2.05) is 0 Å². The molecule has 2 aromatic rings. The van der Waals surface area contributed by atoms with Gasteiger partial charge in [0, 0.05) is 10.8 Å². The molecule has 3 heteroatoms. The molecule has 1 saturated heterocycles. The zero-order valence-electron chi connectivity index (χ0n) is 13.1. The lowest BCUT2D eigenvalue weighted by atomic mass is 9.56. The van der Waals surface area contributed by atoms with Gasteiger partial charge in [0.25, 0.3) is 0 Å². The lowest BCUT2D eigenvalue weighted by molar-refractivity contribution is 0.193. The average Bonchev–Trinajstić information content (AvgIpc) is 3.08. The zero-order valence-corrected chi connectivity index (χ0v) is 14.7. The molecule has 1 saturated carbocycles. The Labute approximate surface area is 149 Å². The molecule has 1 unspecified atom stereocenters. The minimum absolute atomic E-state index is 0. The van der Waals surface area contributed by atoms with Crippen LogP contribution >= 0.6 is 24.0 Å². The highest BCUT2D eigenvalue weighted by Gasteiger charge is 2.52. The number of nitrogens with one attached hydrogen (secondary N) is 1. The second-order valence-corrected chi connectivity index (χ2v) is 7.25. The van der Waals surface area contributed by atoms with Crippen LogP contribution in [0, 0.1) is 11.8 Å². The number of hydrogen-bond acceptors (Lipinski definition) is 1. The van der Waals surface area contributed by atoms with Gasteiger partial charge in [-0.3, -0.25) is 0 Å². The third-order valence-corrected chi connectivity index (χ3v) is 6.29. The Morgan fingerprint density at radius 1 is 0.870 bits per heavy atom. The van der Waals surface area contributed by atoms with Crippen molar-refractivity contribution in [3.05, 3.63) is 71.8 Å². The van der Waals surface area contributed by atoms with Crippen molar-refractivity contribution in [2.75, 3.05) is 13.1 Å². The molecule has 0 radical (unpaired) electrons. The molecule has 3 atom stereocenters. The van der Waals surface area contributed by atoms with Crippen LogP contribution < -0.4 is 5.32 Å². The topological polar surface area (TPSA) is 12.0 Å². The molecule has 1 heterocycles. The predicted molar refractivity (Wildman–Crippen MR) is 99.6 cm³/mol. The smallest absolute Gasteiger partial charge is 0.0380 e. The number of alkyl halides is 1. The zero-order chi connectivity index (χ0) is 15.0. The molecular formula is C20H23Cl2N. The molecule has 0 aromatic heterocycles. The van der Waals surface area contributed by atoms with Crippen LogP contribution in [0.5, 0.6) is 0 Å². The summed E-state index contributed by atoms with van der Waals surface area (Å²) in [5.74, 6) is 1.14. The third-order valence-electron chi connectivity index (χ3n) is 5.75. The van der Waals surface area contributed by atoms with E-state index in [9.17, 15) is 0 Å². The summed E-state index contributed by atoms with van der Waals surface area (Å²) in [7, 11) is 0. The van der Waals surface area contributed by atoms with Gasteiger partial charge in [0.2, 0.25) is 0 Å². The molecule has 1 aliphatic heterocycles. The summed E-state index contributed by atoms with van der Waals surface area (Å²) in [6.45, 7) is 2.12.